The third-order valence-corrected chi connectivity index (χ3v) is 3.74. The molecule has 2 unspecified atom stereocenters. The molecule has 2 atom stereocenters. The SMILES string of the molecule is O=C(O)C1CC(=O)N2CCc3ccccc3C12. The van der Waals surface area contributed by atoms with Crippen LogP contribution >= 0.6 is 0 Å². The van der Waals surface area contributed by atoms with Crippen LogP contribution in [0.3, 0.4) is 0 Å². The van der Waals surface area contributed by atoms with Crippen molar-refractivity contribution in [2.75, 3.05) is 6.54 Å². The molecule has 0 aliphatic carbocycles. The van der Waals surface area contributed by atoms with Gasteiger partial charge in [-0.05, 0) is 17.5 Å². The van der Waals surface area contributed by atoms with Crippen molar-refractivity contribution in [2.24, 2.45) is 5.92 Å². The van der Waals surface area contributed by atoms with E-state index in [1.807, 2.05) is 24.3 Å². The lowest BCUT2D eigenvalue weighted by atomic mass is 9.87. The number of rotatable bonds is 1. The van der Waals surface area contributed by atoms with Gasteiger partial charge in [0.05, 0.1) is 12.0 Å². The van der Waals surface area contributed by atoms with Gasteiger partial charge in [-0.2, -0.15) is 0 Å². The average molecular weight is 231 g/mol. The van der Waals surface area contributed by atoms with Crippen LogP contribution in [0.25, 0.3) is 0 Å². The van der Waals surface area contributed by atoms with Gasteiger partial charge in [0.1, 0.15) is 0 Å². The Morgan fingerprint density at radius 2 is 2.12 bits per heavy atom. The van der Waals surface area contributed by atoms with Crippen LogP contribution in [0.15, 0.2) is 24.3 Å². The Kier molecular flexibility index (Phi) is 2.18. The van der Waals surface area contributed by atoms with E-state index in [1.165, 1.54) is 5.56 Å². The molecule has 1 aromatic carbocycles. The molecule has 0 radical (unpaired) electrons. The van der Waals surface area contributed by atoms with Crippen molar-refractivity contribution >= 4 is 11.9 Å². The highest BCUT2D eigenvalue weighted by molar-refractivity contribution is 5.87. The number of amides is 1. The topological polar surface area (TPSA) is 57.6 Å². The molecule has 2 aliphatic rings. The van der Waals surface area contributed by atoms with Crippen LogP contribution in [-0.4, -0.2) is 28.4 Å². The summed E-state index contributed by atoms with van der Waals surface area (Å²) >= 11 is 0. The maximum atomic E-state index is 11.8. The highest BCUT2D eigenvalue weighted by Gasteiger charge is 2.46. The lowest BCUT2D eigenvalue weighted by Gasteiger charge is -2.33. The quantitative estimate of drug-likeness (QED) is 0.790. The molecule has 2 aliphatic heterocycles. The van der Waals surface area contributed by atoms with Crippen molar-refractivity contribution in [3.05, 3.63) is 35.4 Å². The summed E-state index contributed by atoms with van der Waals surface area (Å²) in [4.78, 5) is 24.8. The van der Waals surface area contributed by atoms with Gasteiger partial charge >= 0.3 is 5.97 Å². The lowest BCUT2D eigenvalue weighted by molar-refractivity contribution is -0.142. The molecule has 0 aromatic heterocycles. The van der Waals surface area contributed by atoms with Crippen LogP contribution in [0.2, 0.25) is 0 Å². The second-order valence-corrected chi connectivity index (χ2v) is 4.63. The predicted molar refractivity (Wildman–Crippen MR) is 60.3 cm³/mol. The molecule has 0 spiro atoms. The van der Waals surface area contributed by atoms with Crippen molar-refractivity contribution in [3.8, 4) is 0 Å². The summed E-state index contributed by atoms with van der Waals surface area (Å²) in [6, 6.07) is 7.57. The Balaban J connectivity index is 2.09. The number of fused-ring (bicyclic) bond motifs is 3. The van der Waals surface area contributed by atoms with Crippen molar-refractivity contribution in [1.82, 2.24) is 4.90 Å². The minimum Gasteiger partial charge on any atom is -0.481 e. The van der Waals surface area contributed by atoms with Crippen LogP contribution in [0.4, 0.5) is 0 Å². The van der Waals surface area contributed by atoms with Crippen molar-refractivity contribution < 1.29 is 14.7 Å². The maximum Gasteiger partial charge on any atom is 0.309 e. The van der Waals surface area contributed by atoms with Crippen molar-refractivity contribution in [2.45, 2.75) is 18.9 Å². The fraction of sp³-hybridized carbons (Fsp3) is 0.385. The fourth-order valence-electron chi connectivity index (χ4n) is 2.95. The second kappa shape index (κ2) is 3.58. The van der Waals surface area contributed by atoms with Gasteiger partial charge < -0.3 is 10.0 Å². The zero-order valence-electron chi connectivity index (χ0n) is 9.30. The number of carboxylic acid groups (broad SMARTS) is 1. The molecule has 2 heterocycles. The molecule has 1 saturated heterocycles. The summed E-state index contributed by atoms with van der Waals surface area (Å²) < 4.78 is 0. The van der Waals surface area contributed by atoms with Crippen LogP contribution < -0.4 is 0 Å². The van der Waals surface area contributed by atoms with E-state index in [9.17, 15) is 14.7 Å². The maximum absolute atomic E-state index is 11.8. The number of carbonyl (C=O) groups is 2. The average Bonchev–Trinajstić information content (AvgIpc) is 2.67. The van der Waals surface area contributed by atoms with Crippen LogP contribution in [0.1, 0.15) is 23.6 Å². The first-order valence-corrected chi connectivity index (χ1v) is 5.78. The first kappa shape index (κ1) is 10.3. The molecule has 3 rings (SSSR count). The highest BCUT2D eigenvalue weighted by atomic mass is 16.4. The van der Waals surface area contributed by atoms with Gasteiger partial charge in [0.15, 0.2) is 0 Å². The zero-order chi connectivity index (χ0) is 12.0. The molecule has 1 aromatic rings. The van der Waals surface area contributed by atoms with E-state index in [1.54, 1.807) is 4.90 Å². The van der Waals surface area contributed by atoms with Gasteiger partial charge in [0.25, 0.3) is 0 Å². The number of aliphatic carboxylic acids is 1. The Bertz CT molecular complexity index is 497. The molecule has 17 heavy (non-hydrogen) atoms. The Morgan fingerprint density at radius 1 is 1.35 bits per heavy atom. The third-order valence-electron chi connectivity index (χ3n) is 3.74. The molecule has 88 valence electrons. The minimum absolute atomic E-state index is 0.0306. The molecule has 1 fully saturated rings. The van der Waals surface area contributed by atoms with E-state index in [2.05, 4.69) is 0 Å². The second-order valence-electron chi connectivity index (χ2n) is 4.63. The van der Waals surface area contributed by atoms with Crippen LogP contribution in [0.5, 0.6) is 0 Å². The number of carboxylic acids is 1. The number of hydrogen-bond acceptors (Lipinski definition) is 2. The van der Waals surface area contributed by atoms with Gasteiger partial charge in [0, 0.05) is 13.0 Å². The first-order valence-electron chi connectivity index (χ1n) is 5.78. The highest BCUT2D eigenvalue weighted by Crippen LogP contribution is 2.42. The molecule has 1 amide bonds. The van der Waals surface area contributed by atoms with E-state index >= 15 is 0 Å². The Labute approximate surface area is 98.9 Å². The monoisotopic (exact) mass is 231 g/mol. The minimum atomic E-state index is -0.873. The lowest BCUT2D eigenvalue weighted by Crippen LogP contribution is -2.36. The predicted octanol–water partition coefficient (Wildman–Crippen LogP) is 1.22. The Morgan fingerprint density at radius 3 is 2.88 bits per heavy atom. The normalized spacial score (nSPS) is 26.6. The first-order chi connectivity index (χ1) is 8.18. The summed E-state index contributed by atoms with van der Waals surface area (Å²) in [5.74, 6) is -1.50. The third kappa shape index (κ3) is 1.44. The Hall–Kier alpha value is -1.84. The molecule has 0 saturated carbocycles. The van der Waals surface area contributed by atoms with E-state index in [0.717, 1.165) is 12.0 Å². The summed E-state index contributed by atoms with van der Waals surface area (Å²) in [6.07, 6.45) is 0.957. The van der Waals surface area contributed by atoms with Gasteiger partial charge in [-0.1, -0.05) is 24.3 Å². The van der Waals surface area contributed by atoms with Gasteiger partial charge in [-0.3, -0.25) is 9.59 Å². The number of carbonyl (C=O) groups excluding carboxylic acids is 1. The molecule has 0 bridgehead atoms. The fourth-order valence-corrected chi connectivity index (χ4v) is 2.95. The van der Waals surface area contributed by atoms with E-state index in [-0.39, 0.29) is 18.4 Å². The zero-order valence-corrected chi connectivity index (χ0v) is 9.30. The summed E-state index contributed by atoms with van der Waals surface area (Å²) in [6.45, 7) is 0.643. The van der Waals surface area contributed by atoms with Crippen molar-refractivity contribution in [1.29, 1.82) is 0 Å². The van der Waals surface area contributed by atoms with Gasteiger partial charge in [-0.15, -0.1) is 0 Å². The molecular weight excluding hydrogens is 218 g/mol. The molecular formula is C13H13NO3. The number of nitrogens with zero attached hydrogens (tertiary/aromatic N) is 1. The summed E-state index contributed by atoms with van der Waals surface area (Å²) in [5.41, 5.74) is 2.19. The van der Waals surface area contributed by atoms with Gasteiger partial charge in [-0.25, -0.2) is 0 Å². The number of hydrogen-bond donors (Lipinski definition) is 1. The van der Waals surface area contributed by atoms with Gasteiger partial charge in [0.2, 0.25) is 5.91 Å². The standard InChI is InChI=1S/C13H13NO3/c15-11-7-10(13(16)17)12-9-4-2-1-3-8(9)5-6-14(11)12/h1-4,10,12H,5-7H2,(H,16,17). The number of benzene rings is 1. The molecule has 4 heteroatoms. The van der Waals surface area contributed by atoms with E-state index in [4.69, 9.17) is 0 Å². The van der Waals surface area contributed by atoms with Crippen LogP contribution in [-0.2, 0) is 16.0 Å². The smallest absolute Gasteiger partial charge is 0.309 e. The molecule has 1 N–H and O–H groups in total. The summed E-state index contributed by atoms with van der Waals surface area (Å²) in [7, 11) is 0. The summed E-state index contributed by atoms with van der Waals surface area (Å²) in [5, 5.41) is 9.22. The van der Waals surface area contributed by atoms with E-state index < -0.39 is 11.9 Å². The molecule has 4 nitrogen and oxygen atoms in total. The van der Waals surface area contributed by atoms with Crippen LogP contribution in [0, 0.1) is 5.92 Å². The largest absolute Gasteiger partial charge is 0.481 e. The van der Waals surface area contributed by atoms with Crippen molar-refractivity contribution in [3.63, 3.8) is 0 Å². The van der Waals surface area contributed by atoms with E-state index in [0.29, 0.717) is 6.54 Å².